The maximum Gasteiger partial charge on any atom is 0.315 e. The van der Waals surface area contributed by atoms with Gasteiger partial charge in [0.05, 0.1) is 6.04 Å². The number of nitrogens with zero attached hydrogens (tertiary/aromatic N) is 3. The minimum absolute atomic E-state index is 0.00750. The third-order valence-electron chi connectivity index (χ3n) is 3.24. The van der Waals surface area contributed by atoms with Crippen molar-refractivity contribution in [2.75, 3.05) is 11.9 Å². The van der Waals surface area contributed by atoms with Gasteiger partial charge in [0.15, 0.2) is 5.82 Å². The third-order valence-corrected chi connectivity index (χ3v) is 3.24. The number of urea groups is 1. The van der Waals surface area contributed by atoms with E-state index in [-0.39, 0.29) is 18.1 Å². The largest absolute Gasteiger partial charge is 0.383 e. The minimum Gasteiger partial charge on any atom is -0.383 e. The van der Waals surface area contributed by atoms with Gasteiger partial charge in [0.25, 0.3) is 0 Å². The number of nitrogens with one attached hydrogen (secondary N) is 3. The predicted molar refractivity (Wildman–Crippen MR) is 85.5 cm³/mol. The van der Waals surface area contributed by atoms with E-state index in [1.807, 2.05) is 51.2 Å². The summed E-state index contributed by atoms with van der Waals surface area (Å²) in [5.41, 5.74) is 1.03. The molecule has 0 aliphatic rings. The molecule has 3 N–H and O–H groups in total. The Morgan fingerprint density at radius 1 is 1.23 bits per heavy atom. The van der Waals surface area contributed by atoms with Crippen molar-refractivity contribution in [2.24, 2.45) is 7.05 Å². The second-order valence-electron chi connectivity index (χ2n) is 5.29. The molecule has 2 rings (SSSR count). The number of rotatable bonds is 6. The zero-order chi connectivity index (χ0) is 15.9. The third kappa shape index (κ3) is 4.47. The van der Waals surface area contributed by atoms with E-state index >= 15 is 0 Å². The molecule has 0 unspecified atom stereocenters. The highest BCUT2D eigenvalue weighted by Gasteiger charge is 2.15. The van der Waals surface area contributed by atoms with Gasteiger partial charge in [-0.25, -0.2) is 4.79 Å². The molecule has 1 heterocycles. The highest BCUT2D eigenvalue weighted by atomic mass is 16.2. The SMILES string of the molecule is C[C@@H](CNc1ccccc1)NC(=O)N[C@H](C)c1nncn1C. The molecular weight excluding hydrogens is 280 g/mol. The number of carbonyl (C=O) groups is 1. The van der Waals surface area contributed by atoms with Crippen LogP contribution in [-0.4, -0.2) is 33.4 Å². The van der Waals surface area contributed by atoms with Gasteiger partial charge in [0.1, 0.15) is 6.33 Å². The molecule has 2 amide bonds. The zero-order valence-corrected chi connectivity index (χ0v) is 13.1. The van der Waals surface area contributed by atoms with Crippen molar-refractivity contribution in [3.05, 3.63) is 42.5 Å². The van der Waals surface area contributed by atoms with Crippen LogP contribution in [0.3, 0.4) is 0 Å². The Bertz CT molecular complexity index is 597. The minimum atomic E-state index is -0.224. The number of carbonyl (C=O) groups excluding carboxylic acids is 1. The van der Waals surface area contributed by atoms with Crippen molar-refractivity contribution in [2.45, 2.75) is 25.9 Å². The van der Waals surface area contributed by atoms with Crippen molar-refractivity contribution in [1.29, 1.82) is 0 Å². The topological polar surface area (TPSA) is 83.9 Å². The molecule has 1 aromatic carbocycles. The summed E-state index contributed by atoms with van der Waals surface area (Å²) < 4.78 is 1.78. The van der Waals surface area contributed by atoms with Crippen molar-refractivity contribution >= 4 is 11.7 Å². The smallest absolute Gasteiger partial charge is 0.315 e. The van der Waals surface area contributed by atoms with Crippen molar-refractivity contribution < 1.29 is 4.79 Å². The number of para-hydroxylation sites is 1. The molecule has 2 aromatic rings. The van der Waals surface area contributed by atoms with Crippen LogP contribution in [0, 0.1) is 0 Å². The molecule has 0 bridgehead atoms. The van der Waals surface area contributed by atoms with Gasteiger partial charge in [-0.15, -0.1) is 10.2 Å². The number of hydrogen-bond donors (Lipinski definition) is 3. The van der Waals surface area contributed by atoms with E-state index in [2.05, 4.69) is 26.1 Å². The summed E-state index contributed by atoms with van der Waals surface area (Å²) in [7, 11) is 1.85. The molecule has 22 heavy (non-hydrogen) atoms. The van der Waals surface area contributed by atoms with E-state index < -0.39 is 0 Å². The van der Waals surface area contributed by atoms with Crippen molar-refractivity contribution in [3.8, 4) is 0 Å². The molecule has 0 saturated carbocycles. The van der Waals surface area contributed by atoms with Gasteiger partial charge in [0, 0.05) is 25.3 Å². The number of hydrogen-bond acceptors (Lipinski definition) is 4. The molecule has 0 saturated heterocycles. The fourth-order valence-corrected chi connectivity index (χ4v) is 2.09. The van der Waals surface area contributed by atoms with E-state index in [9.17, 15) is 4.79 Å². The second kappa shape index (κ2) is 7.44. The van der Waals surface area contributed by atoms with Gasteiger partial charge in [-0.2, -0.15) is 0 Å². The molecule has 2 atom stereocenters. The Morgan fingerprint density at radius 3 is 2.59 bits per heavy atom. The van der Waals surface area contributed by atoms with E-state index in [1.54, 1.807) is 10.9 Å². The fourth-order valence-electron chi connectivity index (χ4n) is 2.09. The summed E-state index contributed by atoms with van der Waals surface area (Å²) in [5, 5.41) is 16.8. The number of anilines is 1. The first kappa shape index (κ1) is 15.8. The van der Waals surface area contributed by atoms with Crippen molar-refractivity contribution in [1.82, 2.24) is 25.4 Å². The van der Waals surface area contributed by atoms with Crippen LogP contribution in [0.25, 0.3) is 0 Å². The maximum absolute atomic E-state index is 12.0. The van der Waals surface area contributed by atoms with Crippen LogP contribution in [0.4, 0.5) is 10.5 Å². The Labute approximate surface area is 130 Å². The molecule has 0 spiro atoms. The van der Waals surface area contributed by atoms with Gasteiger partial charge in [0.2, 0.25) is 0 Å². The molecule has 1 aromatic heterocycles. The van der Waals surface area contributed by atoms with Crippen molar-refractivity contribution in [3.63, 3.8) is 0 Å². The molecule has 118 valence electrons. The molecule has 0 aliphatic heterocycles. The molecular formula is C15H22N6O. The highest BCUT2D eigenvalue weighted by Crippen LogP contribution is 2.07. The lowest BCUT2D eigenvalue weighted by Crippen LogP contribution is -2.44. The van der Waals surface area contributed by atoms with Crippen LogP contribution in [0.2, 0.25) is 0 Å². The summed E-state index contributed by atoms with van der Waals surface area (Å²) in [5.74, 6) is 0.713. The second-order valence-corrected chi connectivity index (χ2v) is 5.29. The number of benzene rings is 1. The van der Waals surface area contributed by atoms with Gasteiger partial charge < -0.3 is 20.5 Å². The van der Waals surface area contributed by atoms with E-state index in [4.69, 9.17) is 0 Å². The van der Waals surface area contributed by atoms with Crippen LogP contribution < -0.4 is 16.0 Å². The van der Waals surface area contributed by atoms with Crippen LogP contribution in [0.1, 0.15) is 25.7 Å². The first-order chi connectivity index (χ1) is 10.6. The number of amides is 2. The van der Waals surface area contributed by atoms with E-state index in [1.165, 1.54) is 0 Å². The Hall–Kier alpha value is -2.57. The van der Waals surface area contributed by atoms with E-state index in [0.717, 1.165) is 5.69 Å². The number of aryl methyl sites for hydroxylation is 1. The lowest BCUT2D eigenvalue weighted by atomic mass is 10.3. The molecule has 0 fully saturated rings. The maximum atomic E-state index is 12.0. The Balaban J connectivity index is 1.75. The first-order valence-electron chi connectivity index (χ1n) is 7.26. The molecule has 7 heteroatoms. The highest BCUT2D eigenvalue weighted by molar-refractivity contribution is 5.74. The summed E-state index contributed by atoms with van der Waals surface area (Å²) in [4.78, 5) is 12.0. The van der Waals surface area contributed by atoms with Gasteiger partial charge in [-0.1, -0.05) is 18.2 Å². The average Bonchev–Trinajstić information content (AvgIpc) is 2.92. The van der Waals surface area contributed by atoms with E-state index in [0.29, 0.717) is 12.4 Å². The Kier molecular flexibility index (Phi) is 5.35. The van der Waals surface area contributed by atoms with Crippen LogP contribution in [0.15, 0.2) is 36.7 Å². The standard InChI is InChI=1S/C15H22N6O/c1-11(9-16-13-7-5-4-6-8-13)18-15(22)19-12(2)14-20-17-10-21(14)3/h4-8,10-12,16H,9H2,1-3H3,(H2,18,19,22)/t11-,12+/m0/s1. The lowest BCUT2D eigenvalue weighted by Gasteiger charge is -2.18. The summed E-state index contributed by atoms with van der Waals surface area (Å²) in [6.07, 6.45) is 1.61. The van der Waals surface area contributed by atoms with Crippen LogP contribution in [0.5, 0.6) is 0 Å². The quantitative estimate of drug-likeness (QED) is 0.758. The van der Waals surface area contributed by atoms with Gasteiger partial charge >= 0.3 is 6.03 Å². The monoisotopic (exact) mass is 302 g/mol. The van der Waals surface area contributed by atoms with Crippen LogP contribution >= 0.6 is 0 Å². The summed E-state index contributed by atoms with van der Waals surface area (Å²) >= 11 is 0. The van der Waals surface area contributed by atoms with Crippen LogP contribution in [-0.2, 0) is 7.05 Å². The lowest BCUT2D eigenvalue weighted by molar-refractivity contribution is 0.234. The Morgan fingerprint density at radius 2 is 1.95 bits per heavy atom. The molecule has 0 radical (unpaired) electrons. The normalized spacial score (nSPS) is 13.2. The zero-order valence-electron chi connectivity index (χ0n) is 13.1. The summed E-state index contributed by atoms with van der Waals surface area (Å²) in [6, 6.07) is 9.44. The molecule has 7 nitrogen and oxygen atoms in total. The average molecular weight is 302 g/mol. The summed E-state index contributed by atoms with van der Waals surface area (Å²) in [6.45, 7) is 4.47. The fraction of sp³-hybridized carbons (Fsp3) is 0.400. The number of aromatic nitrogens is 3. The van der Waals surface area contributed by atoms with Gasteiger partial charge in [-0.3, -0.25) is 0 Å². The first-order valence-corrected chi connectivity index (χ1v) is 7.26. The molecule has 0 aliphatic carbocycles. The predicted octanol–water partition coefficient (Wildman–Crippen LogP) is 1.68. The van der Waals surface area contributed by atoms with Gasteiger partial charge in [-0.05, 0) is 26.0 Å².